The van der Waals surface area contributed by atoms with Gasteiger partial charge < -0.3 is 19.4 Å². The fourth-order valence-corrected chi connectivity index (χ4v) is 4.49. The van der Waals surface area contributed by atoms with Crippen LogP contribution in [0, 0.1) is 0 Å². The van der Waals surface area contributed by atoms with Crippen LogP contribution in [0.1, 0.15) is 29.0 Å². The van der Waals surface area contributed by atoms with Gasteiger partial charge in [-0.25, -0.2) is 0 Å². The maximum Gasteiger partial charge on any atom is 0.221 e. The van der Waals surface area contributed by atoms with Crippen LogP contribution in [0.4, 0.5) is 0 Å². The molecular weight excluding hydrogens is 448 g/mol. The Morgan fingerprint density at radius 3 is 2.56 bits per heavy atom. The molecule has 1 N–H and O–H groups in total. The van der Waals surface area contributed by atoms with Crippen LogP contribution < -0.4 is 10.1 Å². The number of hydrogen-bond donors (Lipinski definition) is 1. The minimum Gasteiger partial charge on any atom is -0.497 e. The van der Waals surface area contributed by atoms with Gasteiger partial charge in [0.2, 0.25) is 5.91 Å². The van der Waals surface area contributed by atoms with E-state index in [1.165, 1.54) is 5.56 Å². The molecule has 4 aromatic rings. The molecule has 5 nitrogen and oxygen atoms in total. The zero-order valence-corrected chi connectivity index (χ0v) is 20.2. The lowest BCUT2D eigenvalue weighted by molar-refractivity contribution is -0.121. The zero-order chi connectivity index (χ0) is 23.9. The number of amides is 1. The van der Waals surface area contributed by atoms with E-state index in [0.29, 0.717) is 31.1 Å². The van der Waals surface area contributed by atoms with Crippen LogP contribution in [0.25, 0.3) is 10.9 Å². The first kappa shape index (κ1) is 23.9. The summed E-state index contributed by atoms with van der Waals surface area (Å²) in [5.74, 6) is 0.680. The molecule has 0 spiro atoms. The average Bonchev–Trinajstić information content (AvgIpc) is 3.21. The molecule has 1 atom stereocenters. The van der Waals surface area contributed by atoms with E-state index in [2.05, 4.69) is 40.3 Å². The Morgan fingerprint density at radius 1 is 1.03 bits per heavy atom. The van der Waals surface area contributed by atoms with Gasteiger partial charge in [0.1, 0.15) is 5.75 Å². The van der Waals surface area contributed by atoms with Gasteiger partial charge in [-0.3, -0.25) is 4.79 Å². The first-order valence-corrected chi connectivity index (χ1v) is 11.7. The minimum atomic E-state index is -0.136. The third-order valence-corrected chi connectivity index (χ3v) is 6.21. The largest absolute Gasteiger partial charge is 0.497 e. The first-order valence-electron chi connectivity index (χ1n) is 11.3. The lowest BCUT2D eigenvalue weighted by atomic mass is 9.88. The van der Waals surface area contributed by atoms with Crippen LogP contribution in [-0.4, -0.2) is 37.8 Å². The number of benzene rings is 3. The molecule has 3 aromatic carbocycles. The number of halogens is 1. The predicted molar refractivity (Wildman–Crippen MR) is 137 cm³/mol. The summed E-state index contributed by atoms with van der Waals surface area (Å²) < 4.78 is 12.6. The molecule has 0 aliphatic rings. The fourth-order valence-electron chi connectivity index (χ4n) is 4.29. The third kappa shape index (κ3) is 5.61. The van der Waals surface area contributed by atoms with Crippen molar-refractivity contribution in [3.8, 4) is 5.75 Å². The molecule has 0 aliphatic heterocycles. The number of hydrogen-bond acceptors (Lipinski definition) is 3. The molecule has 0 aliphatic carbocycles. The summed E-state index contributed by atoms with van der Waals surface area (Å²) in [5.41, 5.74) is 4.42. The molecule has 0 radical (unpaired) electrons. The van der Waals surface area contributed by atoms with Crippen molar-refractivity contribution in [1.29, 1.82) is 0 Å². The molecule has 1 heterocycles. The van der Waals surface area contributed by atoms with Gasteiger partial charge >= 0.3 is 0 Å². The second-order valence-electron chi connectivity index (χ2n) is 8.23. The summed E-state index contributed by atoms with van der Waals surface area (Å²) in [6, 6.07) is 24.2. The smallest absolute Gasteiger partial charge is 0.221 e. The van der Waals surface area contributed by atoms with E-state index in [4.69, 9.17) is 21.1 Å². The third-order valence-electron chi connectivity index (χ3n) is 5.98. The summed E-state index contributed by atoms with van der Waals surface area (Å²) in [6.07, 6.45) is 2.49. The van der Waals surface area contributed by atoms with Gasteiger partial charge in [0.25, 0.3) is 0 Å². The van der Waals surface area contributed by atoms with E-state index in [-0.39, 0.29) is 11.8 Å². The molecule has 176 valence electrons. The zero-order valence-electron chi connectivity index (χ0n) is 19.5. The van der Waals surface area contributed by atoms with E-state index in [1.807, 2.05) is 48.5 Å². The second kappa shape index (κ2) is 11.2. The number of nitrogens with one attached hydrogen (secondary N) is 1. The fraction of sp³-hybridized carbons (Fsp3) is 0.250. The van der Waals surface area contributed by atoms with Gasteiger partial charge in [-0.05, 0) is 47.0 Å². The highest BCUT2D eigenvalue weighted by molar-refractivity contribution is 6.30. The molecule has 0 saturated carbocycles. The first-order chi connectivity index (χ1) is 16.6. The Hall–Kier alpha value is -3.28. The number of aromatic nitrogens is 1. The molecule has 1 unspecified atom stereocenters. The van der Waals surface area contributed by atoms with Crippen LogP contribution in [0.5, 0.6) is 5.75 Å². The molecule has 1 amide bonds. The maximum absolute atomic E-state index is 12.8. The molecule has 0 bridgehead atoms. The van der Waals surface area contributed by atoms with Crippen LogP contribution in [0.15, 0.2) is 79.0 Å². The molecule has 34 heavy (non-hydrogen) atoms. The Kier molecular flexibility index (Phi) is 7.88. The average molecular weight is 477 g/mol. The summed E-state index contributed by atoms with van der Waals surface area (Å²) in [6.45, 7) is 1.68. The van der Waals surface area contributed by atoms with E-state index in [9.17, 15) is 4.79 Å². The van der Waals surface area contributed by atoms with Crippen molar-refractivity contribution in [3.05, 3.63) is 101 Å². The van der Waals surface area contributed by atoms with Crippen molar-refractivity contribution in [2.45, 2.75) is 18.9 Å². The van der Waals surface area contributed by atoms with Crippen molar-refractivity contribution in [2.24, 2.45) is 0 Å². The molecule has 0 saturated heterocycles. The standard InChI is InChI=1S/C28H29ClN2O3/c1-33-15-14-30-28(32)17-25(21-6-5-7-22(29)16-21)26-19-31(27-9-4-3-8-24(26)27)18-20-10-12-23(34-2)13-11-20/h3-13,16,19,25H,14-15,17-18H2,1-2H3,(H,30,32). The Balaban J connectivity index is 1.72. The van der Waals surface area contributed by atoms with Crippen LogP contribution in [-0.2, 0) is 16.1 Å². The summed E-state index contributed by atoms with van der Waals surface area (Å²) in [7, 11) is 3.29. The van der Waals surface area contributed by atoms with Crippen molar-refractivity contribution in [3.63, 3.8) is 0 Å². The monoisotopic (exact) mass is 476 g/mol. The summed E-state index contributed by atoms with van der Waals surface area (Å²) in [5, 5.41) is 4.75. The van der Waals surface area contributed by atoms with Crippen molar-refractivity contribution in [1.82, 2.24) is 9.88 Å². The Labute approximate surface area is 205 Å². The van der Waals surface area contributed by atoms with E-state index < -0.39 is 0 Å². The predicted octanol–water partition coefficient (Wildman–Crippen LogP) is 5.64. The SMILES string of the molecule is COCCNC(=O)CC(c1cccc(Cl)c1)c1cn(Cc2ccc(OC)cc2)c2ccccc12. The lowest BCUT2D eigenvalue weighted by Crippen LogP contribution is -2.28. The summed E-state index contributed by atoms with van der Waals surface area (Å²) >= 11 is 6.34. The summed E-state index contributed by atoms with van der Waals surface area (Å²) in [4.78, 5) is 12.8. The van der Waals surface area contributed by atoms with E-state index in [0.717, 1.165) is 27.8 Å². The number of fused-ring (bicyclic) bond motifs is 1. The number of nitrogens with zero attached hydrogens (tertiary/aromatic N) is 1. The van der Waals surface area contributed by atoms with Crippen molar-refractivity contribution in [2.75, 3.05) is 27.4 Å². The highest BCUT2D eigenvalue weighted by Gasteiger charge is 2.23. The second-order valence-corrected chi connectivity index (χ2v) is 8.67. The molecular formula is C28H29ClN2O3. The highest BCUT2D eigenvalue weighted by atomic mass is 35.5. The van der Waals surface area contributed by atoms with Gasteiger partial charge in [-0.1, -0.05) is 54.1 Å². The quantitative estimate of drug-likeness (QED) is 0.301. The van der Waals surface area contributed by atoms with Gasteiger partial charge in [-0.2, -0.15) is 0 Å². The molecule has 4 rings (SSSR count). The number of rotatable bonds is 10. The number of carbonyl (C=O) groups is 1. The normalized spacial score (nSPS) is 12.0. The highest BCUT2D eigenvalue weighted by Crippen LogP contribution is 2.36. The Morgan fingerprint density at radius 2 is 1.82 bits per heavy atom. The Bertz CT molecular complexity index is 1250. The number of ether oxygens (including phenoxy) is 2. The van der Waals surface area contributed by atoms with Gasteiger partial charge in [0, 0.05) is 54.7 Å². The number of carbonyl (C=O) groups excluding carboxylic acids is 1. The van der Waals surface area contributed by atoms with Gasteiger partial charge in [0.15, 0.2) is 0 Å². The van der Waals surface area contributed by atoms with E-state index in [1.54, 1.807) is 14.2 Å². The lowest BCUT2D eigenvalue weighted by Gasteiger charge is -2.17. The van der Waals surface area contributed by atoms with Crippen LogP contribution >= 0.6 is 11.6 Å². The maximum atomic E-state index is 12.8. The van der Waals surface area contributed by atoms with Crippen LogP contribution in [0.3, 0.4) is 0 Å². The van der Waals surface area contributed by atoms with Crippen LogP contribution in [0.2, 0.25) is 5.02 Å². The molecule has 1 aromatic heterocycles. The van der Waals surface area contributed by atoms with Gasteiger partial charge in [0.05, 0.1) is 13.7 Å². The minimum absolute atomic E-state index is 0.0194. The topological polar surface area (TPSA) is 52.5 Å². The van der Waals surface area contributed by atoms with Crippen molar-refractivity contribution < 1.29 is 14.3 Å². The molecule has 6 heteroatoms. The number of para-hydroxylation sites is 1. The number of methoxy groups -OCH3 is 2. The van der Waals surface area contributed by atoms with E-state index >= 15 is 0 Å². The van der Waals surface area contributed by atoms with Gasteiger partial charge in [-0.15, -0.1) is 0 Å². The van der Waals surface area contributed by atoms with Crippen molar-refractivity contribution >= 4 is 28.4 Å². The molecule has 0 fully saturated rings.